The third-order valence-electron chi connectivity index (χ3n) is 2.76. The summed E-state index contributed by atoms with van der Waals surface area (Å²) >= 11 is 3.32. The lowest BCUT2D eigenvalue weighted by molar-refractivity contribution is 0.273. The zero-order valence-corrected chi connectivity index (χ0v) is 13.0. The van der Waals surface area contributed by atoms with Crippen LogP contribution in [0, 0.1) is 0 Å². The second kappa shape index (κ2) is 7.53. The Hall–Kier alpha value is -0.880. The average Bonchev–Trinajstić information content (AvgIpc) is 2.35. The van der Waals surface area contributed by atoms with E-state index in [-0.39, 0.29) is 0 Å². The van der Waals surface area contributed by atoms with Crippen molar-refractivity contribution >= 4 is 21.9 Å². The summed E-state index contributed by atoms with van der Waals surface area (Å²) in [4.78, 5) is 10.7. The molecule has 1 rings (SSSR count). The van der Waals surface area contributed by atoms with Crippen molar-refractivity contribution in [3.05, 3.63) is 10.7 Å². The minimum atomic E-state index is 0.548. The lowest BCUT2D eigenvalue weighted by Gasteiger charge is -2.20. The fourth-order valence-electron chi connectivity index (χ4n) is 1.37. The highest BCUT2D eigenvalue weighted by Crippen LogP contribution is 2.21. The predicted molar refractivity (Wildman–Crippen MR) is 77.2 cm³/mol. The van der Waals surface area contributed by atoms with Gasteiger partial charge in [0.05, 0.1) is 17.8 Å². The molecule has 5 nitrogen and oxygen atoms in total. The normalized spacial score (nSPS) is 11.1. The van der Waals surface area contributed by atoms with E-state index in [1.165, 1.54) is 0 Å². The molecule has 18 heavy (non-hydrogen) atoms. The number of nitrogens with one attached hydrogen (secondary N) is 1. The van der Waals surface area contributed by atoms with Crippen molar-refractivity contribution < 1.29 is 4.74 Å². The van der Waals surface area contributed by atoms with Crippen LogP contribution in [0.25, 0.3) is 0 Å². The van der Waals surface area contributed by atoms with E-state index in [4.69, 9.17) is 4.74 Å². The van der Waals surface area contributed by atoms with Crippen molar-refractivity contribution in [2.45, 2.75) is 26.3 Å². The summed E-state index contributed by atoms with van der Waals surface area (Å²) in [5.41, 5.74) is 0. The monoisotopic (exact) mass is 316 g/mol. The van der Waals surface area contributed by atoms with Gasteiger partial charge in [0.15, 0.2) is 0 Å². The SMILES string of the molecule is COc1nc(NCCCN(C)C(C)C)ncc1Br. The summed E-state index contributed by atoms with van der Waals surface area (Å²) in [6, 6.07) is 0.578. The van der Waals surface area contributed by atoms with Gasteiger partial charge in [-0.15, -0.1) is 0 Å². The van der Waals surface area contributed by atoms with Crippen LogP contribution in [-0.4, -0.2) is 48.2 Å². The summed E-state index contributed by atoms with van der Waals surface area (Å²) in [6.45, 7) is 6.28. The summed E-state index contributed by atoms with van der Waals surface area (Å²) in [5, 5.41) is 3.19. The van der Waals surface area contributed by atoms with Crippen molar-refractivity contribution in [3.8, 4) is 5.88 Å². The molecule has 0 atom stereocenters. The van der Waals surface area contributed by atoms with Gasteiger partial charge in [-0.3, -0.25) is 0 Å². The topological polar surface area (TPSA) is 50.3 Å². The molecule has 1 aromatic rings. The van der Waals surface area contributed by atoms with Crippen LogP contribution in [-0.2, 0) is 0 Å². The molecule has 0 aliphatic heterocycles. The fourth-order valence-corrected chi connectivity index (χ4v) is 1.72. The van der Waals surface area contributed by atoms with Crippen molar-refractivity contribution in [3.63, 3.8) is 0 Å². The highest BCUT2D eigenvalue weighted by Gasteiger charge is 2.05. The lowest BCUT2D eigenvalue weighted by atomic mass is 10.3. The third-order valence-corrected chi connectivity index (χ3v) is 3.30. The molecule has 0 amide bonds. The molecule has 1 aromatic heterocycles. The minimum absolute atomic E-state index is 0.548. The minimum Gasteiger partial charge on any atom is -0.480 e. The highest BCUT2D eigenvalue weighted by atomic mass is 79.9. The van der Waals surface area contributed by atoms with E-state index in [0.717, 1.165) is 24.0 Å². The molecular formula is C12H21BrN4O. The Morgan fingerprint density at radius 1 is 1.50 bits per heavy atom. The van der Waals surface area contributed by atoms with E-state index in [9.17, 15) is 0 Å². The number of hydrogen-bond acceptors (Lipinski definition) is 5. The Balaban J connectivity index is 2.35. The second-order valence-electron chi connectivity index (χ2n) is 4.41. The van der Waals surface area contributed by atoms with Gasteiger partial charge in [-0.05, 0) is 49.8 Å². The molecular weight excluding hydrogens is 296 g/mol. The van der Waals surface area contributed by atoms with Crippen LogP contribution in [0.5, 0.6) is 5.88 Å². The van der Waals surface area contributed by atoms with Gasteiger partial charge in [-0.1, -0.05) is 0 Å². The first-order valence-corrected chi connectivity index (χ1v) is 6.84. The quantitative estimate of drug-likeness (QED) is 0.783. The number of rotatable bonds is 7. The van der Waals surface area contributed by atoms with Gasteiger partial charge in [0.25, 0.3) is 0 Å². The van der Waals surface area contributed by atoms with Gasteiger partial charge in [0.2, 0.25) is 11.8 Å². The number of halogens is 1. The van der Waals surface area contributed by atoms with Crippen molar-refractivity contribution in [2.75, 3.05) is 32.6 Å². The third kappa shape index (κ3) is 4.78. The molecule has 102 valence electrons. The van der Waals surface area contributed by atoms with Gasteiger partial charge >= 0.3 is 0 Å². The average molecular weight is 317 g/mol. The number of nitrogens with zero attached hydrogens (tertiary/aromatic N) is 3. The first-order valence-electron chi connectivity index (χ1n) is 6.05. The van der Waals surface area contributed by atoms with Gasteiger partial charge in [-0.25, -0.2) is 4.98 Å². The van der Waals surface area contributed by atoms with Crippen LogP contribution in [0.4, 0.5) is 5.95 Å². The van der Waals surface area contributed by atoms with E-state index in [1.807, 2.05) is 0 Å². The summed E-state index contributed by atoms with van der Waals surface area (Å²) in [5.74, 6) is 1.15. The highest BCUT2D eigenvalue weighted by molar-refractivity contribution is 9.10. The predicted octanol–water partition coefficient (Wildman–Crippen LogP) is 2.39. The van der Waals surface area contributed by atoms with Crippen molar-refractivity contribution in [1.29, 1.82) is 0 Å². The van der Waals surface area contributed by atoms with Gasteiger partial charge in [-0.2, -0.15) is 4.98 Å². The molecule has 0 fully saturated rings. The Morgan fingerprint density at radius 3 is 2.83 bits per heavy atom. The van der Waals surface area contributed by atoms with Crippen molar-refractivity contribution in [1.82, 2.24) is 14.9 Å². The molecule has 6 heteroatoms. The fraction of sp³-hybridized carbons (Fsp3) is 0.667. The van der Waals surface area contributed by atoms with E-state index < -0.39 is 0 Å². The summed E-state index contributed by atoms with van der Waals surface area (Å²) in [6.07, 6.45) is 2.74. The molecule has 0 radical (unpaired) electrons. The largest absolute Gasteiger partial charge is 0.480 e. The molecule has 0 spiro atoms. The van der Waals surface area contributed by atoms with Crippen LogP contribution in [0.15, 0.2) is 10.7 Å². The number of methoxy groups -OCH3 is 1. The summed E-state index contributed by atoms with van der Waals surface area (Å²) in [7, 11) is 3.72. The Kier molecular flexibility index (Phi) is 6.35. The van der Waals surface area contributed by atoms with Gasteiger partial charge in [0.1, 0.15) is 0 Å². The van der Waals surface area contributed by atoms with Gasteiger partial charge in [0, 0.05) is 12.6 Å². The van der Waals surface area contributed by atoms with Crippen LogP contribution < -0.4 is 10.1 Å². The second-order valence-corrected chi connectivity index (χ2v) is 5.26. The van der Waals surface area contributed by atoms with E-state index in [1.54, 1.807) is 13.3 Å². The Bertz CT molecular complexity index is 373. The van der Waals surface area contributed by atoms with Crippen LogP contribution in [0.3, 0.4) is 0 Å². The molecule has 0 aliphatic rings. The molecule has 1 N–H and O–H groups in total. The summed E-state index contributed by atoms with van der Waals surface area (Å²) < 4.78 is 5.87. The Labute approximate surface area is 117 Å². The smallest absolute Gasteiger partial charge is 0.232 e. The van der Waals surface area contributed by atoms with E-state index in [0.29, 0.717) is 17.9 Å². The zero-order chi connectivity index (χ0) is 13.5. The first kappa shape index (κ1) is 15.2. The number of anilines is 1. The van der Waals surface area contributed by atoms with Crippen LogP contribution >= 0.6 is 15.9 Å². The molecule has 0 bridgehead atoms. The van der Waals surface area contributed by atoms with E-state index in [2.05, 4.69) is 57.0 Å². The molecule has 1 heterocycles. The maximum absolute atomic E-state index is 5.12. The molecule has 0 aromatic carbocycles. The molecule has 0 aliphatic carbocycles. The maximum atomic E-state index is 5.12. The number of aromatic nitrogens is 2. The van der Waals surface area contributed by atoms with E-state index >= 15 is 0 Å². The zero-order valence-electron chi connectivity index (χ0n) is 11.4. The molecule has 0 saturated carbocycles. The van der Waals surface area contributed by atoms with Crippen LogP contribution in [0.1, 0.15) is 20.3 Å². The maximum Gasteiger partial charge on any atom is 0.232 e. The number of hydrogen-bond donors (Lipinski definition) is 1. The standard InChI is InChI=1S/C12H21BrN4O/c1-9(2)17(3)7-5-6-14-12-15-8-10(13)11(16-12)18-4/h8-9H,5-7H2,1-4H3,(H,14,15,16). The first-order chi connectivity index (χ1) is 8.54. The van der Waals surface area contributed by atoms with Crippen LogP contribution in [0.2, 0.25) is 0 Å². The lowest BCUT2D eigenvalue weighted by Crippen LogP contribution is -2.28. The van der Waals surface area contributed by atoms with Crippen molar-refractivity contribution in [2.24, 2.45) is 0 Å². The molecule has 0 unspecified atom stereocenters. The van der Waals surface area contributed by atoms with Gasteiger partial charge < -0.3 is 15.0 Å². The number of ether oxygens (including phenoxy) is 1. The molecule has 0 saturated heterocycles. The Morgan fingerprint density at radius 2 is 2.22 bits per heavy atom.